The molecular formula is C10H13ClFNO2. The van der Waals surface area contributed by atoms with Crippen LogP contribution in [0.5, 0.6) is 5.75 Å². The lowest BCUT2D eigenvalue weighted by Crippen LogP contribution is -2.15. The van der Waals surface area contributed by atoms with Gasteiger partial charge < -0.3 is 9.30 Å². The average molecular weight is 234 g/mol. The molecule has 0 saturated heterocycles. The predicted octanol–water partition coefficient (Wildman–Crippen LogP) is 1.96. The van der Waals surface area contributed by atoms with Gasteiger partial charge in [0.1, 0.15) is 13.3 Å². The molecule has 0 aromatic carbocycles. The van der Waals surface area contributed by atoms with Gasteiger partial charge in [0.25, 0.3) is 0 Å². The fraction of sp³-hybridized carbons (Fsp3) is 0.500. The predicted molar refractivity (Wildman–Crippen MR) is 57.4 cm³/mol. The minimum absolute atomic E-state index is 0.0980. The highest BCUT2D eigenvalue weighted by atomic mass is 35.5. The second-order valence-corrected chi connectivity index (χ2v) is 3.22. The van der Waals surface area contributed by atoms with Gasteiger partial charge in [0, 0.05) is 18.3 Å². The van der Waals surface area contributed by atoms with Crippen LogP contribution in [0.1, 0.15) is 12.6 Å². The molecule has 0 aliphatic rings. The van der Waals surface area contributed by atoms with Crippen molar-refractivity contribution in [2.45, 2.75) is 19.3 Å². The molecule has 1 aromatic rings. The maximum absolute atomic E-state index is 11.9. The molecule has 84 valence electrons. The Kier molecular flexibility index (Phi) is 4.62. The first-order valence-corrected chi connectivity index (χ1v) is 5.24. The third-order valence-corrected chi connectivity index (χ3v) is 2.27. The zero-order valence-corrected chi connectivity index (χ0v) is 9.26. The van der Waals surface area contributed by atoms with Crippen molar-refractivity contribution in [2.24, 2.45) is 0 Å². The minimum Gasteiger partial charge on any atom is -0.485 e. The number of halogens is 2. The number of hydrogen-bond acceptors (Lipinski definition) is 2. The van der Waals surface area contributed by atoms with Crippen LogP contribution in [0.2, 0.25) is 0 Å². The van der Waals surface area contributed by atoms with Gasteiger partial charge in [-0.2, -0.15) is 0 Å². The van der Waals surface area contributed by atoms with E-state index in [4.69, 9.17) is 16.3 Å². The van der Waals surface area contributed by atoms with E-state index >= 15 is 0 Å². The van der Waals surface area contributed by atoms with Gasteiger partial charge in [-0.15, -0.1) is 11.6 Å². The van der Waals surface area contributed by atoms with Crippen LogP contribution in [0.25, 0.3) is 0 Å². The molecule has 0 aliphatic carbocycles. The molecule has 0 amide bonds. The van der Waals surface area contributed by atoms with Crippen LogP contribution in [-0.4, -0.2) is 17.8 Å². The number of ether oxygens (including phenoxy) is 1. The van der Waals surface area contributed by atoms with Crippen molar-refractivity contribution in [1.29, 1.82) is 0 Å². The monoisotopic (exact) mass is 233 g/mol. The van der Waals surface area contributed by atoms with Gasteiger partial charge in [-0.25, -0.2) is 4.39 Å². The SMILES string of the molecule is CCn1cc(OCCF)c(=O)cc1CCl. The highest BCUT2D eigenvalue weighted by Gasteiger charge is 2.05. The van der Waals surface area contributed by atoms with Crippen LogP contribution < -0.4 is 10.2 Å². The molecule has 0 aliphatic heterocycles. The molecule has 15 heavy (non-hydrogen) atoms. The molecule has 0 saturated carbocycles. The van der Waals surface area contributed by atoms with Crippen molar-refractivity contribution in [2.75, 3.05) is 13.3 Å². The molecule has 1 heterocycles. The maximum atomic E-state index is 11.9. The smallest absolute Gasteiger partial charge is 0.223 e. The summed E-state index contributed by atoms with van der Waals surface area (Å²) in [4.78, 5) is 11.5. The van der Waals surface area contributed by atoms with Crippen molar-refractivity contribution < 1.29 is 9.13 Å². The van der Waals surface area contributed by atoms with Gasteiger partial charge in [-0.05, 0) is 6.92 Å². The Hall–Kier alpha value is -1.03. The number of rotatable bonds is 5. The highest BCUT2D eigenvalue weighted by Crippen LogP contribution is 2.09. The Morgan fingerprint density at radius 1 is 1.60 bits per heavy atom. The zero-order valence-electron chi connectivity index (χ0n) is 8.50. The lowest BCUT2D eigenvalue weighted by molar-refractivity contribution is 0.269. The Morgan fingerprint density at radius 3 is 2.87 bits per heavy atom. The first-order valence-electron chi connectivity index (χ1n) is 4.71. The summed E-state index contributed by atoms with van der Waals surface area (Å²) >= 11 is 5.68. The number of pyridine rings is 1. The Labute approximate surface area is 92.4 Å². The number of hydrogen-bond donors (Lipinski definition) is 0. The highest BCUT2D eigenvalue weighted by molar-refractivity contribution is 6.16. The molecule has 0 radical (unpaired) electrons. The van der Waals surface area contributed by atoms with Crippen molar-refractivity contribution in [3.63, 3.8) is 0 Å². The summed E-state index contributed by atoms with van der Waals surface area (Å²) in [6, 6.07) is 1.42. The molecule has 0 fully saturated rings. The summed E-state index contributed by atoms with van der Waals surface area (Å²) in [5.41, 5.74) is 0.473. The van der Waals surface area contributed by atoms with Crippen molar-refractivity contribution in [1.82, 2.24) is 4.57 Å². The summed E-state index contributed by atoms with van der Waals surface area (Å²) in [7, 11) is 0. The van der Waals surface area contributed by atoms with E-state index in [1.54, 1.807) is 6.20 Å². The van der Waals surface area contributed by atoms with Crippen LogP contribution in [0.4, 0.5) is 4.39 Å². The molecule has 0 spiro atoms. The lowest BCUT2D eigenvalue weighted by Gasteiger charge is -2.11. The van der Waals surface area contributed by atoms with E-state index in [-0.39, 0.29) is 23.7 Å². The van der Waals surface area contributed by atoms with Crippen molar-refractivity contribution in [3.05, 3.63) is 28.2 Å². The summed E-state index contributed by atoms with van der Waals surface area (Å²) in [6.45, 7) is 1.91. The number of aromatic nitrogens is 1. The third-order valence-electron chi connectivity index (χ3n) is 1.99. The Morgan fingerprint density at radius 2 is 2.33 bits per heavy atom. The van der Waals surface area contributed by atoms with E-state index in [0.717, 1.165) is 5.69 Å². The molecule has 1 aromatic heterocycles. The van der Waals surface area contributed by atoms with Crippen LogP contribution in [0.15, 0.2) is 17.1 Å². The first-order chi connectivity index (χ1) is 7.22. The summed E-state index contributed by atoms with van der Waals surface area (Å²) in [5.74, 6) is 0.440. The van der Waals surface area contributed by atoms with E-state index in [9.17, 15) is 9.18 Å². The second kappa shape index (κ2) is 5.75. The van der Waals surface area contributed by atoms with Crippen LogP contribution in [-0.2, 0) is 12.4 Å². The largest absolute Gasteiger partial charge is 0.485 e. The standard InChI is InChI=1S/C10H13ClFNO2/c1-2-13-7-10(15-4-3-12)9(14)5-8(13)6-11/h5,7H,2-4,6H2,1H3. The van der Waals surface area contributed by atoms with E-state index in [0.29, 0.717) is 6.54 Å². The van der Waals surface area contributed by atoms with Crippen molar-refractivity contribution in [3.8, 4) is 5.75 Å². The van der Waals surface area contributed by atoms with E-state index in [2.05, 4.69) is 0 Å². The average Bonchev–Trinajstić information content (AvgIpc) is 2.27. The molecule has 0 bridgehead atoms. The maximum Gasteiger partial charge on any atom is 0.223 e. The van der Waals surface area contributed by atoms with Gasteiger partial charge in [-0.3, -0.25) is 4.79 Å². The molecule has 0 unspecified atom stereocenters. The van der Waals surface area contributed by atoms with Gasteiger partial charge in [0.15, 0.2) is 5.75 Å². The number of nitrogens with zero attached hydrogens (tertiary/aromatic N) is 1. The second-order valence-electron chi connectivity index (χ2n) is 2.95. The third kappa shape index (κ3) is 2.96. The van der Waals surface area contributed by atoms with Crippen LogP contribution in [0, 0.1) is 0 Å². The summed E-state index contributed by atoms with van der Waals surface area (Å²) < 4.78 is 18.7. The lowest BCUT2D eigenvalue weighted by atomic mass is 10.3. The quantitative estimate of drug-likeness (QED) is 0.728. The van der Waals surface area contributed by atoms with E-state index in [1.165, 1.54) is 6.07 Å². The summed E-state index contributed by atoms with van der Waals surface area (Å²) in [5, 5.41) is 0. The Balaban J connectivity index is 3.03. The number of alkyl halides is 2. The van der Waals surface area contributed by atoms with E-state index in [1.807, 2.05) is 11.5 Å². The van der Waals surface area contributed by atoms with Crippen LogP contribution >= 0.6 is 11.6 Å². The minimum atomic E-state index is -0.608. The molecule has 0 N–H and O–H groups in total. The molecule has 5 heteroatoms. The van der Waals surface area contributed by atoms with Crippen LogP contribution in [0.3, 0.4) is 0 Å². The molecule has 3 nitrogen and oxygen atoms in total. The summed E-state index contributed by atoms with van der Waals surface area (Å²) in [6.07, 6.45) is 1.57. The van der Waals surface area contributed by atoms with Gasteiger partial charge >= 0.3 is 0 Å². The first kappa shape index (κ1) is 12.0. The zero-order chi connectivity index (χ0) is 11.3. The normalized spacial score (nSPS) is 10.3. The topological polar surface area (TPSA) is 31.2 Å². The Bertz CT molecular complexity index is 378. The molecule has 1 rings (SSSR count). The van der Waals surface area contributed by atoms with Gasteiger partial charge in [0.2, 0.25) is 5.43 Å². The van der Waals surface area contributed by atoms with Gasteiger partial charge in [-0.1, -0.05) is 0 Å². The van der Waals surface area contributed by atoms with Gasteiger partial charge in [0.05, 0.1) is 12.1 Å². The van der Waals surface area contributed by atoms with Crippen molar-refractivity contribution >= 4 is 11.6 Å². The molecule has 0 atom stereocenters. The fourth-order valence-corrected chi connectivity index (χ4v) is 1.49. The number of aryl methyl sites for hydroxylation is 1. The van der Waals surface area contributed by atoms with E-state index < -0.39 is 6.67 Å². The molecular weight excluding hydrogens is 221 g/mol. The fourth-order valence-electron chi connectivity index (χ4n) is 1.26.